The first-order chi connectivity index (χ1) is 10.9. The summed E-state index contributed by atoms with van der Waals surface area (Å²) in [5, 5.41) is 20.7. The minimum Gasteiger partial charge on any atom is -0.478 e. The Balaban J connectivity index is 2.30. The van der Waals surface area contributed by atoms with Gasteiger partial charge in [-0.25, -0.2) is 9.59 Å². The molecule has 2 rings (SSSR count). The number of aromatic carboxylic acids is 2. The number of carboxylic acids is 2. The van der Waals surface area contributed by atoms with Crippen LogP contribution >= 0.6 is 0 Å². The highest BCUT2D eigenvalue weighted by atomic mass is 16.4. The zero-order chi connectivity index (χ0) is 17.0. The van der Waals surface area contributed by atoms with E-state index in [0.29, 0.717) is 5.69 Å². The Morgan fingerprint density at radius 2 is 1.57 bits per heavy atom. The van der Waals surface area contributed by atoms with Crippen LogP contribution in [0.3, 0.4) is 0 Å². The predicted octanol–water partition coefficient (Wildman–Crippen LogP) is 2.90. The first-order valence-corrected chi connectivity index (χ1v) is 6.93. The maximum absolute atomic E-state index is 12.3. The van der Waals surface area contributed by atoms with Crippen LogP contribution in [-0.2, 0) is 6.42 Å². The minimum atomic E-state index is -1.36. The molecule has 0 atom stereocenters. The highest BCUT2D eigenvalue weighted by molar-refractivity contribution is 6.11. The molecule has 2 aromatic rings. The first-order valence-electron chi connectivity index (χ1n) is 6.93. The van der Waals surface area contributed by atoms with E-state index in [-0.39, 0.29) is 16.7 Å². The van der Waals surface area contributed by atoms with Crippen molar-refractivity contribution in [3.8, 4) is 0 Å². The topological polar surface area (TPSA) is 104 Å². The second-order valence-corrected chi connectivity index (χ2v) is 4.88. The molecule has 0 spiro atoms. The lowest BCUT2D eigenvalue weighted by Crippen LogP contribution is -2.17. The van der Waals surface area contributed by atoms with Gasteiger partial charge in [0.25, 0.3) is 5.91 Å². The third-order valence-corrected chi connectivity index (χ3v) is 3.36. The molecule has 0 radical (unpaired) electrons. The van der Waals surface area contributed by atoms with E-state index in [1.807, 2.05) is 19.1 Å². The third-order valence-electron chi connectivity index (χ3n) is 3.36. The largest absolute Gasteiger partial charge is 0.478 e. The quantitative estimate of drug-likeness (QED) is 0.787. The van der Waals surface area contributed by atoms with Gasteiger partial charge < -0.3 is 15.5 Å². The normalized spacial score (nSPS) is 10.1. The average molecular weight is 313 g/mol. The molecule has 23 heavy (non-hydrogen) atoms. The standard InChI is InChI=1S/C17H15NO5/c1-2-10-3-6-12(7-4-10)18-15(19)13-8-5-11(16(20)21)9-14(13)17(22)23/h3-9H,2H2,1H3,(H,18,19)(H,20,21)(H,22,23). The number of rotatable bonds is 5. The van der Waals surface area contributed by atoms with Gasteiger partial charge in [-0.2, -0.15) is 0 Å². The Bertz CT molecular complexity index is 765. The molecule has 3 N–H and O–H groups in total. The number of carbonyl (C=O) groups excluding carboxylic acids is 1. The van der Waals surface area contributed by atoms with Crippen LogP contribution in [0.1, 0.15) is 43.6 Å². The maximum atomic E-state index is 12.3. The summed E-state index contributed by atoms with van der Waals surface area (Å²) in [6.07, 6.45) is 0.869. The Labute approximate surface area is 132 Å². The first kappa shape index (κ1) is 16.2. The number of amides is 1. The average Bonchev–Trinajstić information content (AvgIpc) is 2.54. The van der Waals surface area contributed by atoms with E-state index >= 15 is 0 Å². The van der Waals surface area contributed by atoms with Crippen molar-refractivity contribution < 1.29 is 24.6 Å². The number of anilines is 1. The second-order valence-electron chi connectivity index (χ2n) is 4.88. The molecule has 0 heterocycles. The number of carbonyl (C=O) groups is 3. The summed E-state index contributed by atoms with van der Waals surface area (Å²) in [5.41, 5.74) is 1.01. The Morgan fingerprint density at radius 3 is 2.09 bits per heavy atom. The number of carboxylic acid groups (broad SMARTS) is 2. The molecule has 2 aromatic carbocycles. The van der Waals surface area contributed by atoms with Crippen LogP contribution in [0.25, 0.3) is 0 Å². The molecule has 0 aromatic heterocycles. The number of hydrogen-bond donors (Lipinski definition) is 3. The zero-order valence-corrected chi connectivity index (χ0v) is 12.4. The van der Waals surface area contributed by atoms with Crippen molar-refractivity contribution in [1.29, 1.82) is 0 Å². The van der Waals surface area contributed by atoms with Gasteiger partial charge in [0.1, 0.15) is 0 Å². The van der Waals surface area contributed by atoms with E-state index in [4.69, 9.17) is 5.11 Å². The molecule has 0 aliphatic carbocycles. The summed E-state index contributed by atoms with van der Waals surface area (Å²) in [6.45, 7) is 2.01. The van der Waals surface area contributed by atoms with Crippen molar-refractivity contribution in [1.82, 2.24) is 0 Å². The number of nitrogens with one attached hydrogen (secondary N) is 1. The van der Waals surface area contributed by atoms with Crippen LogP contribution in [0, 0.1) is 0 Å². The molecular weight excluding hydrogens is 298 g/mol. The lowest BCUT2D eigenvalue weighted by molar-refractivity contribution is 0.0692. The summed E-state index contributed by atoms with van der Waals surface area (Å²) in [6, 6.07) is 10.5. The molecule has 0 saturated carbocycles. The molecular formula is C17H15NO5. The zero-order valence-electron chi connectivity index (χ0n) is 12.4. The van der Waals surface area contributed by atoms with Gasteiger partial charge in [0.2, 0.25) is 0 Å². The van der Waals surface area contributed by atoms with Crippen LogP contribution in [0.5, 0.6) is 0 Å². The lowest BCUT2D eigenvalue weighted by Gasteiger charge is -2.09. The van der Waals surface area contributed by atoms with Crippen molar-refractivity contribution in [2.75, 3.05) is 5.32 Å². The molecule has 0 aliphatic rings. The summed E-state index contributed by atoms with van der Waals surface area (Å²) < 4.78 is 0. The molecule has 6 nitrogen and oxygen atoms in total. The monoisotopic (exact) mass is 313 g/mol. The van der Waals surface area contributed by atoms with Crippen molar-refractivity contribution >= 4 is 23.5 Å². The van der Waals surface area contributed by atoms with Crippen LogP contribution in [0.4, 0.5) is 5.69 Å². The molecule has 6 heteroatoms. The van der Waals surface area contributed by atoms with Crippen molar-refractivity contribution in [3.63, 3.8) is 0 Å². The summed E-state index contributed by atoms with van der Waals surface area (Å²) in [4.78, 5) is 34.4. The van der Waals surface area contributed by atoms with E-state index in [1.165, 1.54) is 12.1 Å². The van der Waals surface area contributed by atoms with Crippen LogP contribution in [0.2, 0.25) is 0 Å². The van der Waals surface area contributed by atoms with Crippen LogP contribution in [-0.4, -0.2) is 28.1 Å². The third kappa shape index (κ3) is 3.74. The van der Waals surface area contributed by atoms with E-state index in [2.05, 4.69) is 5.32 Å². The fraction of sp³-hybridized carbons (Fsp3) is 0.118. The summed E-state index contributed by atoms with van der Waals surface area (Å²) in [7, 11) is 0. The molecule has 1 amide bonds. The van der Waals surface area contributed by atoms with Gasteiger partial charge in [-0.15, -0.1) is 0 Å². The van der Waals surface area contributed by atoms with Gasteiger partial charge in [-0.05, 0) is 42.3 Å². The molecule has 0 aliphatic heterocycles. The number of aryl methyl sites for hydroxylation is 1. The molecule has 0 saturated heterocycles. The molecule has 0 bridgehead atoms. The highest BCUT2D eigenvalue weighted by Gasteiger charge is 2.19. The van der Waals surface area contributed by atoms with E-state index in [0.717, 1.165) is 18.1 Å². The van der Waals surface area contributed by atoms with Crippen molar-refractivity contribution in [3.05, 3.63) is 64.7 Å². The Hall–Kier alpha value is -3.15. The maximum Gasteiger partial charge on any atom is 0.336 e. The molecule has 0 fully saturated rings. The van der Waals surface area contributed by atoms with E-state index in [9.17, 15) is 19.5 Å². The van der Waals surface area contributed by atoms with Gasteiger partial charge in [-0.1, -0.05) is 19.1 Å². The van der Waals surface area contributed by atoms with Crippen molar-refractivity contribution in [2.45, 2.75) is 13.3 Å². The second kappa shape index (κ2) is 6.74. The van der Waals surface area contributed by atoms with Gasteiger partial charge in [-0.3, -0.25) is 4.79 Å². The Morgan fingerprint density at radius 1 is 0.913 bits per heavy atom. The lowest BCUT2D eigenvalue weighted by atomic mass is 10.0. The number of benzene rings is 2. The smallest absolute Gasteiger partial charge is 0.336 e. The highest BCUT2D eigenvalue weighted by Crippen LogP contribution is 2.16. The fourth-order valence-corrected chi connectivity index (χ4v) is 2.07. The Kier molecular flexibility index (Phi) is 4.75. The number of hydrogen-bond acceptors (Lipinski definition) is 3. The van der Waals surface area contributed by atoms with Crippen molar-refractivity contribution in [2.24, 2.45) is 0 Å². The van der Waals surface area contributed by atoms with Gasteiger partial charge in [0.05, 0.1) is 16.7 Å². The molecule has 118 valence electrons. The van der Waals surface area contributed by atoms with Gasteiger partial charge in [0, 0.05) is 5.69 Å². The van der Waals surface area contributed by atoms with Gasteiger partial charge >= 0.3 is 11.9 Å². The van der Waals surface area contributed by atoms with E-state index < -0.39 is 17.8 Å². The molecule has 0 unspecified atom stereocenters. The minimum absolute atomic E-state index is 0.0953. The predicted molar refractivity (Wildman–Crippen MR) is 84.1 cm³/mol. The summed E-state index contributed by atoms with van der Waals surface area (Å²) >= 11 is 0. The van der Waals surface area contributed by atoms with Gasteiger partial charge in [0.15, 0.2) is 0 Å². The SMILES string of the molecule is CCc1ccc(NC(=O)c2ccc(C(=O)O)cc2C(=O)O)cc1. The summed E-state index contributed by atoms with van der Waals surface area (Å²) in [5.74, 6) is -3.22. The van der Waals surface area contributed by atoms with Crippen LogP contribution in [0.15, 0.2) is 42.5 Å². The fourth-order valence-electron chi connectivity index (χ4n) is 2.07. The van der Waals surface area contributed by atoms with Crippen LogP contribution < -0.4 is 5.32 Å². The van der Waals surface area contributed by atoms with E-state index in [1.54, 1.807) is 12.1 Å².